The molecule has 0 radical (unpaired) electrons. The molecular formula is C23H30N2O3S. The third kappa shape index (κ3) is 4.14. The number of nitrogens with one attached hydrogen (secondary N) is 1. The molecule has 2 aliphatic rings. The van der Waals surface area contributed by atoms with Crippen LogP contribution in [0.25, 0.3) is 0 Å². The normalized spacial score (nSPS) is 18.4. The van der Waals surface area contributed by atoms with Crippen LogP contribution in [0, 0.1) is 0 Å². The Morgan fingerprint density at radius 2 is 1.83 bits per heavy atom. The summed E-state index contributed by atoms with van der Waals surface area (Å²) in [4.78, 5) is 2.64. The van der Waals surface area contributed by atoms with Gasteiger partial charge in [0.25, 0.3) is 0 Å². The maximum absolute atomic E-state index is 13.0. The van der Waals surface area contributed by atoms with E-state index in [0.717, 1.165) is 50.6 Å². The first-order chi connectivity index (χ1) is 14.0. The Labute approximate surface area is 174 Å². The van der Waals surface area contributed by atoms with Crippen LogP contribution >= 0.6 is 0 Å². The van der Waals surface area contributed by atoms with Gasteiger partial charge in [0, 0.05) is 24.8 Å². The smallest absolute Gasteiger partial charge is 0.244 e. The molecule has 1 unspecified atom stereocenters. The first kappa shape index (κ1) is 20.2. The second-order valence-corrected chi connectivity index (χ2v) is 9.84. The predicted octanol–water partition coefficient (Wildman–Crippen LogP) is 3.69. The number of nitrogens with zero attached hydrogens (tertiary/aromatic N) is 1. The number of para-hydroxylation sites is 1. The lowest BCUT2D eigenvalue weighted by Crippen LogP contribution is -2.33. The fraction of sp³-hybridized carbons (Fsp3) is 0.478. The van der Waals surface area contributed by atoms with Crippen molar-refractivity contribution in [3.63, 3.8) is 0 Å². The molecule has 0 spiro atoms. The van der Waals surface area contributed by atoms with Crippen molar-refractivity contribution in [3.05, 3.63) is 53.1 Å². The first-order valence-electron chi connectivity index (χ1n) is 10.5. The summed E-state index contributed by atoms with van der Waals surface area (Å²) < 4.78 is 34.1. The highest BCUT2D eigenvalue weighted by atomic mass is 32.2. The zero-order chi connectivity index (χ0) is 20.4. The van der Waals surface area contributed by atoms with E-state index in [4.69, 9.17) is 4.74 Å². The molecule has 0 bridgehead atoms. The highest BCUT2D eigenvalue weighted by Crippen LogP contribution is 2.33. The van der Waals surface area contributed by atoms with E-state index in [1.165, 1.54) is 23.9 Å². The van der Waals surface area contributed by atoms with Crippen LogP contribution in [0.4, 0.5) is 5.69 Å². The number of hydrogen-bond acceptors (Lipinski definition) is 4. The summed E-state index contributed by atoms with van der Waals surface area (Å²) in [7, 11) is -2.06. The van der Waals surface area contributed by atoms with Gasteiger partial charge in [0.15, 0.2) is 0 Å². The van der Waals surface area contributed by atoms with E-state index in [1.807, 2.05) is 12.1 Å². The SMILES string of the molecule is COc1cc2c(cc1S(=O)(=O)NCCCN1c3ccccc3CC1C)CCCC2. The lowest BCUT2D eigenvalue weighted by Gasteiger charge is -2.25. The molecule has 6 heteroatoms. The number of methoxy groups -OCH3 is 1. The van der Waals surface area contributed by atoms with E-state index in [2.05, 4.69) is 40.8 Å². The van der Waals surface area contributed by atoms with Gasteiger partial charge in [-0.1, -0.05) is 18.2 Å². The predicted molar refractivity (Wildman–Crippen MR) is 116 cm³/mol. The van der Waals surface area contributed by atoms with Crippen molar-refractivity contribution in [2.75, 3.05) is 25.1 Å². The minimum Gasteiger partial charge on any atom is -0.495 e. The Hall–Kier alpha value is -2.05. The van der Waals surface area contributed by atoms with E-state index >= 15 is 0 Å². The molecule has 0 saturated carbocycles. The summed E-state index contributed by atoms with van der Waals surface area (Å²) in [6.07, 6.45) is 6.00. The number of rotatable bonds is 7. The van der Waals surface area contributed by atoms with Crippen LogP contribution in [0.3, 0.4) is 0 Å². The molecule has 1 N–H and O–H groups in total. The van der Waals surface area contributed by atoms with Crippen LogP contribution in [0.2, 0.25) is 0 Å². The minimum absolute atomic E-state index is 0.264. The van der Waals surface area contributed by atoms with Crippen LogP contribution in [0.1, 0.15) is 42.9 Å². The number of benzene rings is 2. The van der Waals surface area contributed by atoms with E-state index in [-0.39, 0.29) is 4.90 Å². The molecule has 0 aromatic heterocycles. The fourth-order valence-electron chi connectivity index (χ4n) is 4.61. The number of ether oxygens (including phenoxy) is 1. The highest BCUT2D eigenvalue weighted by Gasteiger charge is 2.26. The van der Waals surface area contributed by atoms with E-state index < -0.39 is 10.0 Å². The van der Waals surface area contributed by atoms with Crippen LogP contribution in [0.5, 0.6) is 5.75 Å². The highest BCUT2D eigenvalue weighted by molar-refractivity contribution is 7.89. The Bertz CT molecular complexity index is 988. The molecule has 156 valence electrons. The summed E-state index contributed by atoms with van der Waals surface area (Å²) in [5.74, 6) is 0.445. The van der Waals surface area contributed by atoms with Crippen molar-refractivity contribution in [1.82, 2.24) is 4.72 Å². The molecule has 1 aliphatic heterocycles. The number of aryl methyl sites for hydroxylation is 2. The average Bonchev–Trinajstić information content (AvgIpc) is 3.05. The van der Waals surface area contributed by atoms with Crippen molar-refractivity contribution >= 4 is 15.7 Å². The molecule has 2 aromatic carbocycles. The summed E-state index contributed by atoms with van der Waals surface area (Å²) in [5.41, 5.74) is 5.01. The molecule has 1 heterocycles. The van der Waals surface area contributed by atoms with Gasteiger partial charge in [-0.15, -0.1) is 0 Å². The second kappa shape index (κ2) is 8.36. The Kier molecular flexibility index (Phi) is 5.83. The molecule has 4 rings (SSSR count). The van der Waals surface area contributed by atoms with Gasteiger partial charge in [-0.2, -0.15) is 0 Å². The Morgan fingerprint density at radius 1 is 1.10 bits per heavy atom. The molecule has 5 nitrogen and oxygen atoms in total. The van der Waals surface area contributed by atoms with Crippen molar-refractivity contribution in [2.45, 2.75) is 56.4 Å². The summed E-state index contributed by atoms with van der Waals surface area (Å²) in [6, 6.07) is 12.6. The lowest BCUT2D eigenvalue weighted by molar-refractivity contribution is 0.401. The standard InChI is InChI=1S/C23H30N2O3S/c1-17-14-20-10-5-6-11-21(20)25(17)13-7-12-24-29(26,27)23-16-19-9-4-3-8-18(19)15-22(23)28-2/h5-6,10-11,15-17,24H,3-4,7-9,12-14H2,1-2H3. The molecule has 2 aromatic rings. The number of fused-ring (bicyclic) bond motifs is 2. The number of anilines is 1. The quantitative estimate of drug-likeness (QED) is 0.702. The summed E-state index contributed by atoms with van der Waals surface area (Å²) >= 11 is 0. The summed E-state index contributed by atoms with van der Waals surface area (Å²) in [6.45, 7) is 3.47. The first-order valence-corrected chi connectivity index (χ1v) is 12.0. The molecule has 1 aliphatic carbocycles. The van der Waals surface area contributed by atoms with Gasteiger partial charge in [-0.25, -0.2) is 13.1 Å². The van der Waals surface area contributed by atoms with Crippen molar-refractivity contribution in [1.29, 1.82) is 0 Å². The van der Waals surface area contributed by atoms with Gasteiger partial charge in [-0.3, -0.25) is 0 Å². The van der Waals surface area contributed by atoms with Gasteiger partial charge in [0.2, 0.25) is 10.0 Å². The maximum atomic E-state index is 13.0. The van der Waals surface area contributed by atoms with E-state index in [1.54, 1.807) is 0 Å². The second-order valence-electron chi connectivity index (χ2n) is 8.11. The monoisotopic (exact) mass is 414 g/mol. The Morgan fingerprint density at radius 3 is 2.59 bits per heavy atom. The third-order valence-corrected chi connectivity index (χ3v) is 7.62. The molecule has 0 fully saturated rings. The van der Waals surface area contributed by atoms with Crippen molar-refractivity contribution in [3.8, 4) is 5.75 Å². The molecule has 0 amide bonds. The van der Waals surface area contributed by atoms with Crippen LogP contribution in [-0.4, -0.2) is 34.7 Å². The van der Waals surface area contributed by atoms with Gasteiger partial charge in [0.1, 0.15) is 10.6 Å². The molecular weight excluding hydrogens is 384 g/mol. The van der Waals surface area contributed by atoms with Crippen molar-refractivity contribution in [2.24, 2.45) is 0 Å². The topological polar surface area (TPSA) is 58.6 Å². The maximum Gasteiger partial charge on any atom is 0.244 e. The van der Waals surface area contributed by atoms with E-state index in [0.29, 0.717) is 18.3 Å². The number of hydrogen-bond donors (Lipinski definition) is 1. The molecule has 1 atom stereocenters. The zero-order valence-electron chi connectivity index (χ0n) is 17.3. The average molecular weight is 415 g/mol. The van der Waals surface area contributed by atoms with Gasteiger partial charge in [0.05, 0.1) is 7.11 Å². The van der Waals surface area contributed by atoms with Gasteiger partial charge in [-0.05, 0) is 80.3 Å². The van der Waals surface area contributed by atoms with Crippen molar-refractivity contribution < 1.29 is 13.2 Å². The fourth-order valence-corrected chi connectivity index (χ4v) is 5.89. The minimum atomic E-state index is -3.60. The largest absolute Gasteiger partial charge is 0.495 e. The molecule has 29 heavy (non-hydrogen) atoms. The summed E-state index contributed by atoms with van der Waals surface area (Å²) in [5, 5.41) is 0. The van der Waals surface area contributed by atoms with Crippen LogP contribution in [-0.2, 0) is 29.3 Å². The van der Waals surface area contributed by atoms with E-state index in [9.17, 15) is 8.42 Å². The molecule has 0 saturated heterocycles. The zero-order valence-corrected chi connectivity index (χ0v) is 18.1. The van der Waals surface area contributed by atoms with Gasteiger partial charge < -0.3 is 9.64 Å². The van der Waals surface area contributed by atoms with Crippen LogP contribution in [0.15, 0.2) is 41.3 Å². The van der Waals surface area contributed by atoms with Crippen LogP contribution < -0.4 is 14.4 Å². The number of sulfonamides is 1. The van der Waals surface area contributed by atoms with Gasteiger partial charge >= 0.3 is 0 Å². The lowest BCUT2D eigenvalue weighted by atomic mass is 9.92. The Balaban J connectivity index is 1.41. The third-order valence-electron chi connectivity index (χ3n) is 6.13.